The molecule has 1 saturated heterocycles. The Morgan fingerprint density at radius 1 is 1.30 bits per heavy atom. The van der Waals surface area contributed by atoms with Gasteiger partial charge in [0.2, 0.25) is 5.88 Å². The minimum Gasteiger partial charge on any atom is -0.473 e. The van der Waals surface area contributed by atoms with Gasteiger partial charge in [-0.3, -0.25) is 4.79 Å². The minimum atomic E-state index is -0.191. The minimum absolute atomic E-state index is 0.141. The van der Waals surface area contributed by atoms with E-state index < -0.39 is 0 Å². The Kier molecular flexibility index (Phi) is 4.86. The Labute approximate surface area is 140 Å². The molecule has 0 radical (unpaired) electrons. The smallest absolute Gasteiger partial charge is 0.261 e. The number of hydrogen-bond donors (Lipinski definition) is 1. The molecule has 0 aliphatic carbocycles. The second-order valence-corrected chi connectivity index (χ2v) is 6.94. The Hall–Kier alpha value is -2.01. The molecule has 23 heavy (non-hydrogen) atoms. The van der Waals surface area contributed by atoms with Gasteiger partial charge >= 0.3 is 0 Å². The quantitative estimate of drug-likeness (QED) is 0.926. The number of anilines is 1. The monoisotopic (exact) mass is 328 g/mol. The fourth-order valence-electron chi connectivity index (χ4n) is 2.67. The standard InChI is InChI=1S/C18H20N2O2S/c1-12-8-13(2)10-14(9-12)20-17(21)16-4-3-6-19-18(16)22-15-5-7-23-11-15/h3-4,6,8-10,15H,5,7,11H2,1-2H3,(H,20,21). The Morgan fingerprint density at radius 3 is 2.78 bits per heavy atom. The van der Waals surface area contributed by atoms with Crippen LogP contribution in [0.4, 0.5) is 5.69 Å². The lowest BCUT2D eigenvalue weighted by Gasteiger charge is -2.15. The molecule has 1 atom stereocenters. The van der Waals surface area contributed by atoms with Gasteiger partial charge in [-0.15, -0.1) is 0 Å². The van der Waals surface area contributed by atoms with E-state index in [4.69, 9.17) is 4.74 Å². The zero-order chi connectivity index (χ0) is 16.2. The number of carbonyl (C=O) groups is 1. The number of hydrogen-bond acceptors (Lipinski definition) is 4. The van der Waals surface area contributed by atoms with Crippen molar-refractivity contribution in [3.63, 3.8) is 0 Å². The van der Waals surface area contributed by atoms with Gasteiger partial charge in [0.25, 0.3) is 5.91 Å². The van der Waals surface area contributed by atoms with Gasteiger partial charge in [-0.05, 0) is 61.4 Å². The predicted molar refractivity (Wildman–Crippen MR) is 94.5 cm³/mol. The van der Waals surface area contributed by atoms with Crippen molar-refractivity contribution in [2.75, 3.05) is 16.8 Å². The van der Waals surface area contributed by atoms with Crippen LogP contribution in [-0.2, 0) is 0 Å². The number of thioether (sulfide) groups is 1. The molecule has 4 nitrogen and oxygen atoms in total. The molecule has 0 spiro atoms. The van der Waals surface area contributed by atoms with Crippen LogP contribution >= 0.6 is 11.8 Å². The summed E-state index contributed by atoms with van der Waals surface area (Å²) in [6.45, 7) is 4.03. The maximum absolute atomic E-state index is 12.6. The first-order chi connectivity index (χ1) is 11.1. The van der Waals surface area contributed by atoms with Crippen molar-refractivity contribution in [3.8, 4) is 5.88 Å². The van der Waals surface area contributed by atoms with Crippen molar-refractivity contribution in [3.05, 3.63) is 53.2 Å². The van der Waals surface area contributed by atoms with Crippen LogP contribution < -0.4 is 10.1 Å². The molecule has 1 aliphatic rings. The van der Waals surface area contributed by atoms with Crippen molar-refractivity contribution in [2.45, 2.75) is 26.4 Å². The maximum Gasteiger partial charge on any atom is 0.261 e. The lowest BCUT2D eigenvalue weighted by Crippen LogP contribution is -2.20. The van der Waals surface area contributed by atoms with Crippen molar-refractivity contribution in [1.82, 2.24) is 4.98 Å². The molecule has 1 aliphatic heterocycles. The molecule has 5 heteroatoms. The molecule has 1 aromatic carbocycles. The van der Waals surface area contributed by atoms with E-state index in [9.17, 15) is 4.79 Å². The third-order valence-corrected chi connectivity index (χ3v) is 4.79. The highest BCUT2D eigenvalue weighted by Gasteiger charge is 2.21. The molecule has 1 N–H and O–H groups in total. The van der Waals surface area contributed by atoms with Gasteiger partial charge in [-0.2, -0.15) is 11.8 Å². The number of aromatic nitrogens is 1. The van der Waals surface area contributed by atoms with Gasteiger partial charge in [0.15, 0.2) is 0 Å². The van der Waals surface area contributed by atoms with Gasteiger partial charge in [0.05, 0.1) is 0 Å². The highest BCUT2D eigenvalue weighted by Crippen LogP contribution is 2.25. The Balaban J connectivity index is 1.78. The van der Waals surface area contributed by atoms with Crippen molar-refractivity contribution < 1.29 is 9.53 Å². The number of nitrogens with one attached hydrogen (secondary N) is 1. The van der Waals surface area contributed by atoms with Crippen LogP contribution in [0.25, 0.3) is 0 Å². The largest absolute Gasteiger partial charge is 0.473 e. The van der Waals surface area contributed by atoms with Crippen LogP contribution in [0.15, 0.2) is 36.5 Å². The van der Waals surface area contributed by atoms with Gasteiger partial charge < -0.3 is 10.1 Å². The summed E-state index contributed by atoms with van der Waals surface area (Å²) in [6, 6.07) is 9.49. The van der Waals surface area contributed by atoms with E-state index in [1.807, 2.05) is 37.7 Å². The fraction of sp³-hybridized carbons (Fsp3) is 0.333. The first-order valence-corrected chi connectivity index (χ1v) is 8.86. The molecule has 0 bridgehead atoms. The molecule has 1 fully saturated rings. The molecule has 2 aromatic rings. The molecular formula is C18H20N2O2S. The van der Waals surface area contributed by atoms with E-state index in [1.165, 1.54) is 0 Å². The molecule has 1 unspecified atom stereocenters. The van der Waals surface area contributed by atoms with Gasteiger partial charge in [-0.25, -0.2) is 4.98 Å². The first kappa shape index (κ1) is 15.9. The molecule has 3 rings (SSSR count). The number of pyridine rings is 1. The van der Waals surface area contributed by atoms with E-state index in [0.717, 1.165) is 34.7 Å². The van der Waals surface area contributed by atoms with Crippen LogP contribution in [0.2, 0.25) is 0 Å². The van der Waals surface area contributed by atoms with Crippen molar-refractivity contribution in [2.24, 2.45) is 0 Å². The van der Waals surface area contributed by atoms with E-state index in [1.54, 1.807) is 18.3 Å². The summed E-state index contributed by atoms with van der Waals surface area (Å²) < 4.78 is 5.92. The highest BCUT2D eigenvalue weighted by atomic mass is 32.2. The van der Waals surface area contributed by atoms with Crippen molar-refractivity contribution in [1.29, 1.82) is 0 Å². The van der Waals surface area contributed by atoms with Gasteiger partial charge in [-0.1, -0.05) is 6.07 Å². The fourth-order valence-corrected chi connectivity index (χ4v) is 3.76. The lowest BCUT2D eigenvalue weighted by atomic mass is 10.1. The summed E-state index contributed by atoms with van der Waals surface area (Å²) in [5, 5.41) is 2.94. The number of ether oxygens (including phenoxy) is 1. The summed E-state index contributed by atoms with van der Waals surface area (Å²) >= 11 is 1.87. The molecule has 1 amide bonds. The molecule has 2 heterocycles. The van der Waals surface area contributed by atoms with Gasteiger partial charge in [0, 0.05) is 17.6 Å². The first-order valence-electron chi connectivity index (χ1n) is 7.71. The summed E-state index contributed by atoms with van der Waals surface area (Å²) in [5.41, 5.74) is 3.50. The number of carbonyl (C=O) groups excluding carboxylic acids is 1. The number of aryl methyl sites for hydroxylation is 2. The topological polar surface area (TPSA) is 51.2 Å². The molecule has 0 saturated carbocycles. The van der Waals surface area contributed by atoms with Crippen LogP contribution in [0, 0.1) is 13.8 Å². The summed E-state index contributed by atoms with van der Waals surface area (Å²) in [7, 11) is 0. The van der Waals surface area contributed by atoms with E-state index in [0.29, 0.717) is 11.4 Å². The normalized spacial score (nSPS) is 17.0. The van der Waals surface area contributed by atoms with Crippen molar-refractivity contribution >= 4 is 23.4 Å². The Bertz CT molecular complexity index is 692. The predicted octanol–water partition coefficient (Wildman–Crippen LogP) is 3.84. The maximum atomic E-state index is 12.6. The van der Waals surface area contributed by atoms with E-state index >= 15 is 0 Å². The van der Waals surface area contributed by atoms with Crippen LogP contribution in [0.5, 0.6) is 5.88 Å². The van der Waals surface area contributed by atoms with E-state index in [-0.39, 0.29) is 12.0 Å². The van der Waals surface area contributed by atoms with Crippen LogP contribution in [0.3, 0.4) is 0 Å². The second kappa shape index (κ2) is 7.04. The molecule has 1 aromatic heterocycles. The number of benzene rings is 1. The van der Waals surface area contributed by atoms with E-state index in [2.05, 4.69) is 16.4 Å². The second-order valence-electron chi connectivity index (χ2n) is 5.79. The molecular weight excluding hydrogens is 308 g/mol. The third-order valence-electron chi connectivity index (χ3n) is 3.66. The van der Waals surface area contributed by atoms with Gasteiger partial charge in [0.1, 0.15) is 11.7 Å². The third kappa shape index (κ3) is 4.05. The highest BCUT2D eigenvalue weighted by molar-refractivity contribution is 7.99. The molecule has 120 valence electrons. The average Bonchev–Trinajstić information content (AvgIpc) is 2.99. The van der Waals surface area contributed by atoms with Crippen LogP contribution in [0.1, 0.15) is 27.9 Å². The number of rotatable bonds is 4. The lowest BCUT2D eigenvalue weighted by molar-refractivity contribution is 0.101. The summed E-state index contributed by atoms with van der Waals surface area (Å²) in [6.07, 6.45) is 2.80. The summed E-state index contributed by atoms with van der Waals surface area (Å²) in [4.78, 5) is 16.8. The van der Waals surface area contributed by atoms with Crippen LogP contribution in [-0.4, -0.2) is 28.5 Å². The number of amides is 1. The Morgan fingerprint density at radius 2 is 2.09 bits per heavy atom. The zero-order valence-electron chi connectivity index (χ0n) is 13.3. The summed E-state index contributed by atoms with van der Waals surface area (Å²) in [5.74, 6) is 2.28. The average molecular weight is 328 g/mol. The zero-order valence-corrected chi connectivity index (χ0v) is 14.2. The SMILES string of the molecule is Cc1cc(C)cc(NC(=O)c2cccnc2OC2CCSC2)c1. The number of nitrogens with zero attached hydrogens (tertiary/aromatic N) is 1.